The molecule has 27 heavy (non-hydrogen) atoms. The third kappa shape index (κ3) is 6.57. The number of amides is 2. The number of benzene rings is 1. The Morgan fingerprint density at radius 3 is 2.63 bits per heavy atom. The van der Waals surface area contributed by atoms with Crippen LogP contribution in [0, 0.1) is 12.7 Å². The van der Waals surface area contributed by atoms with Crippen LogP contribution in [0.4, 0.5) is 10.1 Å². The van der Waals surface area contributed by atoms with Gasteiger partial charge < -0.3 is 15.4 Å². The van der Waals surface area contributed by atoms with E-state index in [1.54, 1.807) is 13.2 Å². The molecule has 1 aliphatic heterocycles. The molecule has 0 aromatic heterocycles. The Bertz CT molecular complexity index is 648. The van der Waals surface area contributed by atoms with Crippen molar-refractivity contribution in [2.45, 2.75) is 19.9 Å². The van der Waals surface area contributed by atoms with Crippen LogP contribution in [0.1, 0.15) is 12.5 Å². The molecule has 2 amide bonds. The molecule has 1 fully saturated rings. The zero-order valence-electron chi connectivity index (χ0n) is 16.3. The number of carbonyl (C=O) groups excluding carboxylic acids is 2. The van der Waals surface area contributed by atoms with Gasteiger partial charge in [0.15, 0.2) is 0 Å². The van der Waals surface area contributed by atoms with Crippen LogP contribution in [0.2, 0.25) is 0 Å². The molecule has 0 saturated carbocycles. The number of rotatable bonds is 8. The van der Waals surface area contributed by atoms with Crippen LogP contribution >= 0.6 is 0 Å². The van der Waals surface area contributed by atoms with Gasteiger partial charge in [0, 0.05) is 45.5 Å². The van der Waals surface area contributed by atoms with Gasteiger partial charge in [-0.05, 0) is 31.5 Å². The van der Waals surface area contributed by atoms with E-state index in [1.807, 2.05) is 13.8 Å². The molecule has 2 rings (SSSR count). The van der Waals surface area contributed by atoms with Gasteiger partial charge in [0.25, 0.3) is 0 Å². The number of piperazine rings is 1. The second-order valence-electron chi connectivity index (χ2n) is 6.78. The molecule has 0 aliphatic carbocycles. The zero-order valence-corrected chi connectivity index (χ0v) is 16.3. The smallest absolute Gasteiger partial charge is 0.241 e. The van der Waals surface area contributed by atoms with Crippen LogP contribution in [0.5, 0.6) is 0 Å². The summed E-state index contributed by atoms with van der Waals surface area (Å²) in [4.78, 5) is 28.5. The summed E-state index contributed by atoms with van der Waals surface area (Å²) in [6.45, 7) is 7.85. The van der Waals surface area contributed by atoms with Gasteiger partial charge in [0.2, 0.25) is 11.8 Å². The Hall–Kier alpha value is -2.03. The Labute approximate surface area is 159 Å². The summed E-state index contributed by atoms with van der Waals surface area (Å²) in [6.07, 6.45) is 0. The van der Waals surface area contributed by atoms with E-state index in [1.165, 1.54) is 12.1 Å². The van der Waals surface area contributed by atoms with E-state index < -0.39 is 0 Å². The number of hydrogen-bond donors (Lipinski definition) is 2. The number of anilines is 1. The van der Waals surface area contributed by atoms with Gasteiger partial charge in [-0.3, -0.25) is 19.4 Å². The first-order chi connectivity index (χ1) is 12.9. The summed E-state index contributed by atoms with van der Waals surface area (Å²) < 4.78 is 18.3. The van der Waals surface area contributed by atoms with E-state index in [9.17, 15) is 14.0 Å². The first-order valence-corrected chi connectivity index (χ1v) is 9.19. The molecule has 0 radical (unpaired) electrons. The monoisotopic (exact) mass is 380 g/mol. The summed E-state index contributed by atoms with van der Waals surface area (Å²) in [6, 6.07) is 4.02. The highest BCUT2D eigenvalue weighted by atomic mass is 19.1. The minimum absolute atomic E-state index is 0.0205. The molecular formula is C19H29FN4O3. The maximum Gasteiger partial charge on any atom is 0.241 e. The zero-order chi connectivity index (χ0) is 19.8. The first-order valence-electron chi connectivity index (χ1n) is 9.19. The second kappa shape index (κ2) is 10.3. The summed E-state index contributed by atoms with van der Waals surface area (Å²) in [5.41, 5.74) is 1.32. The van der Waals surface area contributed by atoms with E-state index >= 15 is 0 Å². The van der Waals surface area contributed by atoms with Gasteiger partial charge in [-0.15, -0.1) is 0 Å². The van der Waals surface area contributed by atoms with E-state index in [4.69, 9.17) is 4.74 Å². The minimum atomic E-state index is -0.374. The SMILES string of the molecule is COCCNC(=O)CN1CCN(C(C)C(=O)Nc2cc(F)ccc2C)CC1. The van der Waals surface area contributed by atoms with E-state index in [2.05, 4.69) is 20.4 Å². The van der Waals surface area contributed by atoms with Crippen molar-refractivity contribution in [3.63, 3.8) is 0 Å². The van der Waals surface area contributed by atoms with Crippen molar-refractivity contribution in [2.24, 2.45) is 0 Å². The summed E-state index contributed by atoms with van der Waals surface area (Å²) >= 11 is 0. The van der Waals surface area contributed by atoms with E-state index in [0.29, 0.717) is 51.6 Å². The van der Waals surface area contributed by atoms with Gasteiger partial charge in [0.05, 0.1) is 19.2 Å². The maximum absolute atomic E-state index is 13.4. The van der Waals surface area contributed by atoms with Crippen molar-refractivity contribution in [2.75, 3.05) is 58.3 Å². The molecule has 0 spiro atoms. The van der Waals surface area contributed by atoms with Crippen LogP contribution in [-0.2, 0) is 14.3 Å². The quantitative estimate of drug-likeness (QED) is 0.654. The highest BCUT2D eigenvalue weighted by molar-refractivity contribution is 5.95. The van der Waals surface area contributed by atoms with Crippen molar-refractivity contribution >= 4 is 17.5 Å². The largest absolute Gasteiger partial charge is 0.383 e. The Morgan fingerprint density at radius 1 is 1.26 bits per heavy atom. The van der Waals surface area contributed by atoms with Crippen LogP contribution in [0.25, 0.3) is 0 Å². The fourth-order valence-electron chi connectivity index (χ4n) is 2.99. The van der Waals surface area contributed by atoms with Gasteiger partial charge >= 0.3 is 0 Å². The normalized spacial score (nSPS) is 16.7. The molecule has 7 nitrogen and oxygen atoms in total. The summed E-state index contributed by atoms with van der Waals surface area (Å²) in [7, 11) is 1.60. The molecule has 1 unspecified atom stereocenters. The van der Waals surface area contributed by atoms with Crippen LogP contribution in [0.15, 0.2) is 18.2 Å². The third-order valence-corrected chi connectivity index (χ3v) is 4.79. The number of carbonyl (C=O) groups is 2. The van der Waals surface area contributed by atoms with Crippen LogP contribution < -0.4 is 10.6 Å². The Morgan fingerprint density at radius 2 is 1.96 bits per heavy atom. The molecule has 1 saturated heterocycles. The fourth-order valence-corrected chi connectivity index (χ4v) is 2.99. The molecular weight excluding hydrogens is 351 g/mol. The summed E-state index contributed by atoms with van der Waals surface area (Å²) in [5, 5.41) is 5.62. The van der Waals surface area contributed by atoms with Crippen molar-refractivity contribution < 1.29 is 18.7 Å². The number of halogens is 1. The molecule has 0 bridgehead atoms. The number of hydrogen-bond acceptors (Lipinski definition) is 5. The molecule has 1 aromatic rings. The lowest BCUT2D eigenvalue weighted by Gasteiger charge is -2.37. The van der Waals surface area contributed by atoms with E-state index in [0.717, 1.165) is 5.56 Å². The molecule has 1 heterocycles. The standard InChI is InChI=1S/C19H29FN4O3/c1-14-4-5-16(20)12-17(14)22-19(26)15(2)24-9-7-23(8-10-24)13-18(25)21-6-11-27-3/h4-5,12,15H,6-11,13H2,1-3H3,(H,21,25)(H,22,26). The lowest BCUT2D eigenvalue weighted by molar-refractivity contribution is -0.124. The van der Waals surface area contributed by atoms with E-state index in [-0.39, 0.29) is 23.7 Å². The lowest BCUT2D eigenvalue weighted by atomic mass is 10.1. The third-order valence-electron chi connectivity index (χ3n) is 4.79. The molecule has 1 aliphatic rings. The number of methoxy groups -OCH3 is 1. The van der Waals surface area contributed by atoms with Gasteiger partial charge in [0.1, 0.15) is 5.82 Å². The number of nitrogens with one attached hydrogen (secondary N) is 2. The Balaban J connectivity index is 1.78. The highest BCUT2D eigenvalue weighted by Gasteiger charge is 2.26. The maximum atomic E-state index is 13.4. The molecule has 8 heteroatoms. The number of ether oxygens (including phenoxy) is 1. The van der Waals surface area contributed by atoms with Crippen molar-refractivity contribution in [1.29, 1.82) is 0 Å². The Kier molecular flexibility index (Phi) is 8.15. The predicted molar refractivity (Wildman–Crippen MR) is 102 cm³/mol. The number of aryl methyl sites for hydroxylation is 1. The van der Waals surface area contributed by atoms with Crippen molar-refractivity contribution in [3.05, 3.63) is 29.6 Å². The van der Waals surface area contributed by atoms with Gasteiger partial charge in [-0.25, -0.2) is 4.39 Å². The van der Waals surface area contributed by atoms with Crippen LogP contribution in [-0.4, -0.2) is 80.6 Å². The second-order valence-corrected chi connectivity index (χ2v) is 6.78. The van der Waals surface area contributed by atoms with Crippen LogP contribution in [0.3, 0.4) is 0 Å². The highest BCUT2D eigenvalue weighted by Crippen LogP contribution is 2.17. The molecule has 2 N–H and O–H groups in total. The van der Waals surface area contributed by atoms with Crippen molar-refractivity contribution in [1.82, 2.24) is 15.1 Å². The molecule has 1 atom stereocenters. The predicted octanol–water partition coefficient (Wildman–Crippen LogP) is 0.841. The minimum Gasteiger partial charge on any atom is -0.383 e. The van der Waals surface area contributed by atoms with Crippen molar-refractivity contribution in [3.8, 4) is 0 Å². The average Bonchev–Trinajstić information content (AvgIpc) is 2.65. The topological polar surface area (TPSA) is 73.9 Å². The lowest BCUT2D eigenvalue weighted by Crippen LogP contribution is -2.54. The average molecular weight is 380 g/mol. The molecule has 1 aromatic carbocycles. The fraction of sp³-hybridized carbons (Fsp3) is 0.579. The van der Waals surface area contributed by atoms with Gasteiger partial charge in [-0.2, -0.15) is 0 Å². The molecule has 150 valence electrons. The van der Waals surface area contributed by atoms with Gasteiger partial charge in [-0.1, -0.05) is 6.07 Å². The first kappa shape index (κ1) is 21.3. The number of nitrogens with zero attached hydrogens (tertiary/aromatic N) is 2. The summed E-state index contributed by atoms with van der Waals surface area (Å²) in [5.74, 6) is -0.553.